The third-order valence-electron chi connectivity index (χ3n) is 6.12. The summed E-state index contributed by atoms with van der Waals surface area (Å²) < 4.78 is 16.4. The van der Waals surface area contributed by atoms with Crippen molar-refractivity contribution in [2.45, 2.75) is 32.4 Å². The Hall–Kier alpha value is -2.77. The lowest BCUT2D eigenvalue weighted by Crippen LogP contribution is -2.36. The fraction of sp³-hybridized carbons (Fsp3) is 0.360. The van der Waals surface area contributed by atoms with E-state index in [1.165, 1.54) is 5.56 Å². The van der Waals surface area contributed by atoms with Crippen LogP contribution in [0.3, 0.4) is 0 Å². The number of carbonyl (C=O) groups is 1. The van der Waals surface area contributed by atoms with E-state index in [9.17, 15) is 9.18 Å². The smallest absolute Gasteiger partial charge is 0.251 e. The highest BCUT2D eigenvalue weighted by Gasteiger charge is 2.18. The zero-order chi connectivity index (χ0) is 22.1. The molecule has 1 saturated heterocycles. The average molecular weight is 451 g/mol. The number of likely N-dealkylation sites (tertiary alicyclic amines) is 1. The van der Waals surface area contributed by atoms with Gasteiger partial charge in [-0.05, 0) is 57.0 Å². The van der Waals surface area contributed by atoms with Gasteiger partial charge in [0, 0.05) is 37.0 Å². The summed E-state index contributed by atoms with van der Waals surface area (Å²) in [5.41, 5.74) is 5.01. The molecule has 5 rings (SSSR count). The Morgan fingerprint density at radius 2 is 2.06 bits per heavy atom. The maximum atomic E-state index is 13.2. The fourth-order valence-corrected chi connectivity index (χ4v) is 5.36. The van der Waals surface area contributed by atoms with E-state index < -0.39 is 6.17 Å². The van der Waals surface area contributed by atoms with Gasteiger partial charge in [-0.2, -0.15) is 0 Å². The van der Waals surface area contributed by atoms with Crippen LogP contribution in [0.5, 0.6) is 0 Å². The van der Waals surface area contributed by atoms with Crippen LogP contribution in [0, 0.1) is 6.92 Å². The van der Waals surface area contributed by atoms with Gasteiger partial charge in [0.15, 0.2) is 4.96 Å². The van der Waals surface area contributed by atoms with Crippen LogP contribution in [0.1, 0.15) is 35.2 Å². The molecule has 0 bridgehead atoms. The third-order valence-corrected chi connectivity index (χ3v) is 7.14. The molecule has 1 N–H and O–H groups in total. The maximum Gasteiger partial charge on any atom is 0.251 e. The molecule has 1 amide bonds. The first-order chi connectivity index (χ1) is 15.6. The third kappa shape index (κ3) is 4.40. The van der Waals surface area contributed by atoms with Crippen molar-refractivity contribution in [3.8, 4) is 11.3 Å². The number of alkyl halides is 1. The number of rotatable bonds is 6. The monoisotopic (exact) mass is 450 g/mol. The lowest BCUT2D eigenvalue weighted by atomic mass is 10.1. The van der Waals surface area contributed by atoms with Crippen LogP contribution in [-0.4, -0.2) is 52.5 Å². The van der Waals surface area contributed by atoms with Crippen molar-refractivity contribution < 1.29 is 9.18 Å². The molecule has 5 nitrogen and oxygen atoms in total. The Balaban J connectivity index is 1.23. The molecule has 1 aliphatic heterocycles. The number of aromatic nitrogens is 2. The summed E-state index contributed by atoms with van der Waals surface area (Å²) in [6, 6.07) is 14.2. The van der Waals surface area contributed by atoms with Gasteiger partial charge in [-0.3, -0.25) is 9.20 Å². The molecule has 0 radical (unpaired) electrons. The van der Waals surface area contributed by atoms with E-state index in [4.69, 9.17) is 4.98 Å². The zero-order valence-electron chi connectivity index (χ0n) is 18.2. The number of fused-ring (bicyclic) bond motifs is 3. The van der Waals surface area contributed by atoms with Gasteiger partial charge in [-0.25, -0.2) is 9.37 Å². The second kappa shape index (κ2) is 9.00. The van der Waals surface area contributed by atoms with Gasteiger partial charge in [-0.1, -0.05) is 35.1 Å². The first kappa shape index (κ1) is 21.1. The van der Waals surface area contributed by atoms with Crippen LogP contribution < -0.4 is 5.32 Å². The van der Waals surface area contributed by atoms with Crippen molar-refractivity contribution in [2.75, 3.05) is 26.2 Å². The van der Waals surface area contributed by atoms with Gasteiger partial charge in [0.2, 0.25) is 0 Å². The molecule has 166 valence electrons. The summed E-state index contributed by atoms with van der Waals surface area (Å²) in [5, 5.41) is 3.02. The number of hydrogen-bond acceptors (Lipinski definition) is 4. The van der Waals surface area contributed by atoms with Gasteiger partial charge in [0.1, 0.15) is 6.17 Å². The molecule has 2 aromatic heterocycles. The molecule has 1 aliphatic rings. The second-order valence-corrected chi connectivity index (χ2v) is 9.57. The highest BCUT2D eigenvalue weighted by atomic mass is 32.1. The van der Waals surface area contributed by atoms with Crippen LogP contribution in [0.4, 0.5) is 4.39 Å². The molecule has 7 heteroatoms. The van der Waals surface area contributed by atoms with Gasteiger partial charge in [-0.15, -0.1) is 0 Å². The Kier molecular flexibility index (Phi) is 5.93. The van der Waals surface area contributed by atoms with Crippen molar-refractivity contribution in [1.82, 2.24) is 19.6 Å². The molecule has 0 aliphatic carbocycles. The number of imidazole rings is 1. The van der Waals surface area contributed by atoms with Crippen LogP contribution in [0.2, 0.25) is 0 Å². The second-order valence-electron chi connectivity index (χ2n) is 8.56. The van der Waals surface area contributed by atoms with Gasteiger partial charge < -0.3 is 10.2 Å². The summed E-state index contributed by atoms with van der Waals surface area (Å²) in [4.78, 5) is 20.6. The van der Waals surface area contributed by atoms with Crippen LogP contribution in [0.15, 0.2) is 48.7 Å². The molecular formula is C25H27FN4OS. The standard InChI is InChI=1S/C25H27FN4OS/c1-17-4-2-5-18(14-17)21-16-30-22-7-6-19(15-23(22)32-25(30)28-21)24(31)27-10-3-11-29-12-8-20(26)9-13-29/h2,4-7,14-16,20H,3,8-13H2,1H3,(H,27,31). The topological polar surface area (TPSA) is 49.6 Å². The number of piperidine rings is 1. The summed E-state index contributed by atoms with van der Waals surface area (Å²) in [6.45, 7) is 5.24. The van der Waals surface area contributed by atoms with Gasteiger partial charge in [0.25, 0.3) is 5.91 Å². The minimum Gasteiger partial charge on any atom is -0.352 e. The van der Waals surface area contributed by atoms with Gasteiger partial charge in [0.05, 0.1) is 15.9 Å². The molecule has 1 fully saturated rings. The van der Waals surface area contributed by atoms with Crippen LogP contribution in [0.25, 0.3) is 26.4 Å². The number of carbonyl (C=O) groups excluding carboxylic acids is 1. The Bertz CT molecular complexity index is 1260. The molecule has 4 aromatic rings. The Labute approximate surface area is 190 Å². The first-order valence-corrected chi connectivity index (χ1v) is 12.0. The number of nitrogens with zero attached hydrogens (tertiary/aromatic N) is 3. The summed E-state index contributed by atoms with van der Waals surface area (Å²) >= 11 is 1.59. The molecular weight excluding hydrogens is 423 g/mol. The number of aryl methyl sites for hydroxylation is 1. The lowest BCUT2D eigenvalue weighted by Gasteiger charge is -2.28. The summed E-state index contributed by atoms with van der Waals surface area (Å²) in [5.74, 6) is -0.0548. The summed E-state index contributed by atoms with van der Waals surface area (Å²) in [6.07, 6.45) is 3.55. The first-order valence-electron chi connectivity index (χ1n) is 11.2. The molecule has 0 unspecified atom stereocenters. The predicted octanol–water partition coefficient (Wildman–Crippen LogP) is 5.08. The number of halogens is 1. The Morgan fingerprint density at radius 1 is 1.22 bits per heavy atom. The van der Waals surface area contributed by atoms with E-state index >= 15 is 0 Å². The molecule has 3 heterocycles. The highest BCUT2D eigenvalue weighted by molar-refractivity contribution is 7.23. The highest BCUT2D eigenvalue weighted by Crippen LogP contribution is 2.30. The minimum atomic E-state index is -0.643. The zero-order valence-corrected chi connectivity index (χ0v) is 19.0. The van der Waals surface area contributed by atoms with Crippen molar-refractivity contribution in [3.05, 3.63) is 59.8 Å². The Morgan fingerprint density at radius 3 is 2.88 bits per heavy atom. The number of benzene rings is 2. The average Bonchev–Trinajstić information content (AvgIpc) is 3.35. The number of thiazole rings is 1. The predicted molar refractivity (Wildman–Crippen MR) is 128 cm³/mol. The van der Waals surface area contributed by atoms with Crippen LogP contribution in [-0.2, 0) is 0 Å². The van der Waals surface area contributed by atoms with E-state index in [2.05, 4.69) is 45.9 Å². The van der Waals surface area contributed by atoms with E-state index in [1.54, 1.807) is 11.3 Å². The molecule has 0 saturated carbocycles. The van der Waals surface area contributed by atoms with E-state index in [0.29, 0.717) is 24.9 Å². The van der Waals surface area contributed by atoms with Crippen LogP contribution >= 0.6 is 11.3 Å². The molecule has 0 spiro atoms. The molecule has 2 aromatic carbocycles. The molecule has 0 atom stereocenters. The van der Waals surface area contributed by atoms with Gasteiger partial charge >= 0.3 is 0 Å². The normalized spacial score (nSPS) is 15.6. The number of amides is 1. The van der Waals surface area contributed by atoms with E-state index in [1.807, 2.05) is 24.3 Å². The van der Waals surface area contributed by atoms with Crippen molar-refractivity contribution in [2.24, 2.45) is 0 Å². The summed E-state index contributed by atoms with van der Waals surface area (Å²) in [7, 11) is 0. The minimum absolute atomic E-state index is 0.0548. The largest absolute Gasteiger partial charge is 0.352 e. The fourth-order valence-electron chi connectivity index (χ4n) is 4.32. The SMILES string of the molecule is Cc1cccc(-c2cn3c(n2)sc2cc(C(=O)NCCCN4CCC(F)CC4)ccc23)c1. The van der Waals surface area contributed by atoms with E-state index in [0.717, 1.165) is 52.5 Å². The quantitative estimate of drug-likeness (QED) is 0.417. The molecule has 32 heavy (non-hydrogen) atoms. The number of nitrogens with one attached hydrogen (secondary N) is 1. The van der Waals surface area contributed by atoms with Crippen molar-refractivity contribution in [3.63, 3.8) is 0 Å². The van der Waals surface area contributed by atoms with E-state index in [-0.39, 0.29) is 5.91 Å². The van der Waals surface area contributed by atoms with Crippen molar-refractivity contribution >= 4 is 32.4 Å². The maximum absolute atomic E-state index is 13.2. The number of hydrogen-bond donors (Lipinski definition) is 1. The van der Waals surface area contributed by atoms with Crippen molar-refractivity contribution in [1.29, 1.82) is 0 Å². The lowest BCUT2D eigenvalue weighted by molar-refractivity contribution is 0.0950.